The molecule has 2 heterocycles. The van der Waals surface area contributed by atoms with E-state index in [2.05, 4.69) is 25.3 Å². The molecule has 0 saturated heterocycles. The highest BCUT2D eigenvalue weighted by Crippen LogP contribution is 2.22. The highest BCUT2D eigenvalue weighted by Gasteiger charge is 2.11. The molecule has 0 aliphatic rings. The standard InChI is InChI=1S/C14H14ClN5O/c1-2-16-14-19-12-11(17-8-18-12)13(20-14)21-7-9-4-3-5-10(15)6-9/h3-6,8H,2,7H2,1H3,(H2,16,17,18,19,20). The Morgan fingerprint density at radius 3 is 3.05 bits per heavy atom. The van der Waals surface area contributed by atoms with Gasteiger partial charge in [0.05, 0.1) is 6.33 Å². The van der Waals surface area contributed by atoms with E-state index in [-0.39, 0.29) is 0 Å². The van der Waals surface area contributed by atoms with E-state index < -0.39 is 0 Å². The van der Waals surface area contributed by atoms with Crippen LogP contribution >= 0.6 is 11.6 Å². The van der Waals surface area contributed by atoms with Crippen molar-refractivity contribution in [1.29, 1.82) is 0 Å². The zero-order valence-corrected chi connectivity index (χ0v) is 12.2. The molecule has 0 fully saturated rings. The van der Waals surface area contributed by atoms with Crippen molar-refractivity contribution in [3.63, 3.8) is 0 Å². The fourth-order valence-electron chi connectivity index (χ4n) is 1.93. The minimum atomic E-state index is 0.372. The SMILES string of the molecule is CCNc1nc(OCc2cccc(Cl)c2)c2[nH]cnc2n1. The lowest BCUT2D eigenvalue weighted by Gasteiger charge is -2.08. The summed E-state index contributed by atoms with van der Waals surface area (Å²) in [5, 5.41) is 3.74. The largest absolute Gasteiger partial charge is 0.471 e. The Morgan fingerprint density at radius 1 is 1.33 bits per heavy atom. The Morgan fingerprint density at radius 2 is 2.24 bits per heavy atom. The second-order valence-electron chi connectivity index (χ2n) is 4.40. The number of hydrogen-bond acceptors (Lipinski definition) is 5. The number of aromatic amines is 1. The maximum Gasteiger partial charge on any atom is 0.245 e. The van der Waals surface area contributed by atoms with Gasteiger partial charge >= 0.3 is 0 Å². The second-order valence-corrected chi connectivity index (χ2v) is 4.84. The molecule has 0 aliphatic carbocycles. The van der Waals surface area contributed by atoms with E-state index in [9.17, 15) is 0 Å². The Labute approximate surface area is 126 Å². The quantitative estimate of drug-likeness (QED) is 0.758. The van der Waals surface area contributed by atoms with Gasteiger partial charge in [-0.15, -0.1) is 0 Å². The third-order valence-electron chi connectivity index (χ3n) is 2.85. The fraction of sp³-hybridized carbons (Fsp3) is 0.214. The van der Waals surface area contributed by atoms with Crippen molar-refractivity contribution in [2.45, 2.75) is 13.5 Å². The van der Waals surface area contributed by atoms with Crippen LogP contribution in [-0.2, 0) is 6.61 Å². The fourth-order valence-corrected chi connectivity index (χ4v) is 2.14. The van der Waals surface area contributed by atoms with Gasteiger partial charge in [-0.1, -0.05) is 23.7 Å². The average Bonchev–Trinajstić information content (AvgIpc) is 2.93. The van der Waals surface area contributed by atoms with Crippen LogP contribution in [0.4, 0.5) is 5.95 Å². The molecule has 0 radical (unpaired) electrons. The summed E-state index contributed by atoms with van der Waals surface area (Å²) >= 11 is 5.96. The highest BCUT2D eigenvalue weighted by molar-refractivity contribution is 6.30. The minimum absolute atomic E-state index is 0.372. The Kier molecular flexibility index (Phi) is 3.87. The van der Waals surface area contributed by atoms with Crippen molar-refractivity contribution >= 4 is 28.7 Å². The monoisotopic (exact) mass is 303 g/mol. The summed E-state index contributed by atoms with van der Waals surface area (Å²) in [5.41, 5.74) is 2.22. The number of rotatable bonds is 5. The molecule has 2 N–H and O–H groups in total. The molecular weight excluding hydrogens is 290 g/mol. The molecule has 2 aromatic heterocycles. The number of nitrogens with one attached hydrogen (secondary N) is 2. The number of benzene rings is 1. The van der Waals surface area contributed by atoms with E-state index in [4.69, 9.17) is 16.3 Å². The van der Waals surface area contributed by atoms with Crippen LogP contribution in [0.25, 0.3) is 11.2 Å². The van der Waals surface area contributed by atoms with Crippen LogP contribution in [0, 0.1) is 0 Å². The van der Waals surface area contributed by atoms with E-state index in [0.29, 0.717) is 34.6 Å². The lowest BCUT2D eigenvalue weighted by molar-refractivity contribution is 0.297. The summed E-state index contributed by atoms with van der Waals surface area (Å²) < 4.78 is 5.78. The van der Waals surface area contributed by atoms with Gasteiger partial charge in [-0.05, 0) is 24.6 Å². The Bertz CT molecular complexity index is 758. The lowest BCUT2D eigenvalue weighted by Crippen LogP contribution is -2.05. The van der Waals surface area contributed by atoms with Gasteiger partial charge in [0.1, 0.15) is 12.1 Å². The first-order valence-electron chi connectivity index (χ1n) is 6.58. The molecule has 0 amide bonds. The molecule has 108 valence electrons. The van der Waals surface area contributed by atoms with Crippen LogP contribution in [0.15, 0.2) is 30.6 Å². The molecule has 21 heavy (non-hydrogen) atoms. The van der Waals surface area contributed by atoms with Crippen molar-refractivity contribution in [3.05, 3.63) is 41.2 Å². The molecule has 0 aliphatic heterocycles. The van der Waals surface area contributed by atoms with E-state index in [0.717, 1.165) is 12.1 Å². The van der Waals surface area contributed by atoms with Gasteiger partial charge in [-0.2, -0.15) is 9.97 Å². The summed E-state index contributed by atoms with van der Waals surface area (Å²) in [7, 11) is 0. The number of imidazole rings is 1. The maximum absolute atomic E-state index is 5.96. The molecule has 0 bridgehead atoms. The van der Waals surface area contributed by atoms with Crippen molar-refractivity contribution in [2.75, 3.05) is 11.9 Å². The zero-order valence-electron chi connectivity index (χ0n) is 11.4. The first-order chi connectivity index (χ1) is 10.3. The molecule has 3 rings (SSSR count). The van der Waals surface area contributed by atoms with Crippen LogP contribution in [0.1, 0.15) is 12.5 Å². The lowest BCUT2D eigenvalue weighted by atomic mass is 10.2. The molecule has 0 atom stereocenters. The molecular formula is C14H14ClN5O. The van der Waals surface area contributed by atoms with Gasteiger partial charge in [0, 0.05) is 11.6 Å². The van der Waals surface area contributed by atoms with Crippen LogP contribution in [0.2, 0.25) is 5.02 Å². The second kappa shape index (κ2) is 5.97. The number of aromatic nitrogens is 4. The maximum atomic E-state index is 5.96. The van der Waals surface area contributed by atoms with Gasteiger partial charge in [-0.3, -0.25) is 0 Å². The number of halogens is 1. The van der Waals surface area contributed by atoms with Gasteiger partial charge in [-0.25, -0.2) is 4.98 Å². The summed E-state index contributed by atoms with van der Waals surface area (Å²) in [5.74, 6) is 0.964. The smallest absolute Gasteiger partial charge is 0.245 e. The van der Waals surface area contributed by atoms with E-state index in [1.54, 1.807) is 6.33 Å². The predicted molar refractivity (Wildman–Crippen MR) is 81.6 cm³/mol. The van der Waals surface area contributed by atoms with Crippen LogP contribution < -0.4 is 10.1 Å². The summed E-state index contributed by atoms with van der Waals surface area (Å²) in [6.45, 7) is 3.07. The molecule has 3 aromatic rings. The Hall–Kier alpha value is -2.34. The Balaban J connectivity index is 1.86. The van der Waals surface area contributed by atoms with Crippen molar-refractivity contribution in [1.82, 2.24) is 19.9 Å². The van der Waals surface area contributed by atoms with Gasteiger partial charge in [0.15, 0.2) is 5.65 Å². The topological polar surface area (TPSA) is 75.7 Å². The van der Waals surface area contributed by atoms with Crippen molar-refractivity contribution < 1.29 is 4.74 Å². The number of ether oxygens (including phenoxy) is 1. The number of nitrogens with zero attached hydrogens (tertiary/aromatic N) is 3. The number of H-pyrrole nitrogens is 1. The highest BCUT2D eigenvalue weighted by atomic mass is 35.5. The summed E-state index contributed by atoms with van der Waals surface area (Å²) in [6.07, 6.45) is 1.57. The van der Waals surface area contributed by atoms with Crippen molar-refractivity contribution in [3.8, 4) is 5.88 Å². The molecule has 7 heteroatoms. The van der Waals surface area contributed by atoms with Gasteiger partial charge in [0.2, 0.25) is 11.8 Å². The summed E-state index contributed by atoms with van der Waals surface area (Å²) in [4.78, 5) is 15.8. The molecule has 1 aromatic carbocycles. The predicted octanol–water partition coefficient (Wildman–Crippen LogP) is 3.02. The van der Waals surface area contributed by atoms with Gasteiger partial charge in [0.25, 0.3) is 0 Å². The molecule has 0 unspecified atom stereocenters. The number of anilines is 1. The molecule has 0 saturated carbocycles. The average molecular weight is 304 g/mol. The zero-order chi connectivity index (χ0) is 14.7. The minimum Gasteiger partial charge on any atom is -0.471 e. The number of hydrogen-bond donors (Lipinski definition) is 2. The van der Waals surface area contributed by atoms with Crippen molar-refractivity contribution in [2.24, 2.45) is 0 Å². The normalized spacial score (nSPS) is 10.8. The molecule has 6 nitrogen and oxygen atoms in total. The first-order valence-corrected chi connectivity index (χ1v) is 6.96. The third kappa shape index (κ3) is 3.05. The van der Waals surface area contributed by atoms with E-state index >= 15 is 0 Å². The van der Waals surface area contributed by atoms with E-state index in [1.807, 2.05) is 31.2 Å². The molecule has 0 spiro atoms. The first kappa shape index (κ1) is 13.6. The summed E-state index contributed by atoms with van der Waals surface area (Å²) in [6, 6.07) is 7.52. The number of fused-ring (bicyclic) bond motifs is 1. The van der Waals surface area contributed by atoms with E-state index in [1.165, 1.54) is 0 Å². The van der Waals surface area contributed by atoms with Crippen LogP contribution in [0.3, 0.4) is 0 Å². The van der Waals surface area contributed by atoms with Crippen LogP contribution in [0.5, 0.6) is 5.88 Å². The van der Waals surface area contributed by atoms with Crippen LogP contribution in [-0.4, -0.2) is 26.5 Å². The van der Waals surface area contributed by atoms with Gasteiger partial charge < -0.3 is 15.0 Å². The third-order valence-corrected chi connectivity index (χ3v) is 3.09.